The highest BCUT2D eigenvalue weighted by Gasteiger charge is 2.33. The summed E-state index contributed by atoms with van der Waals surface area (Å²) in [6.45, 7) is 3.69. The average molecular weight is 316 g/mol. The van der Waals surface area contributed by atoms with E-state index in [2.05, 4.69) is 15.6 Å². The van der Waals surface area contributed by atoms with Gasteiger partial charge in [0.25, 0.3) is 11.5 Å². The number of hydrogen-bond acceptors (Lipinski definition) is 4. The van der Waals surface area contributed by atoms with E-state index in [1.54, 1.807) is 26.2 Å². The van der Waals surface area contributed by atoms with Crippen LogP contribution < -0.4 is 16.2 Å². The van der Waals surface area contributed by atoms with E-state index in [-0.39, 0.29) is 35.0 Å². The normalized spacial score (nSPS) is 20.9. The number of halogens is 1. The van der Waals surface area contributed by atoms with Gasteiger partial charge in [0.2, 0.25) is 0 Å². The highest BCUT2D eigenvalue weighted by Crippen LogP contribution is 2.18. The number of H-pyrrole nitrogens is 1. The summed E-state index contributed by atoms with van der Waals surface area (Å²) in [5.74, 6) is -0.351. The first-order valence-corrected chi connectivity index (χ1v) is 6.78. The van der Waals surface area contributed by atoms with E-state index in [0.29, 0.717) is 13.2 Å². The highest BCUT2D eigenvalue weighted by molar-refractivity contribution is 5.93. The van der Waals surface area contributed by atoms with Crippen LogP contribution >= 0.6 is 12.4 Å². The Morgan fingerprint density at radius 3 is 2.81 bits per heavy atom. The smallest absolute Gasteiger partial charge is 0.260 e. The third-order valence-corrected chi connectivity index (χ3v) is 3.64. The number of rotatable bonds is 5. The van der Waals surface area contributed by atoms with E-state index in [1.165, 1.54) is 0 Å². The molecule has 0 radical (unpaired) electrons. The summed E-state index contributed by atoms with van der Waals surface area (Å²) in [5, 5.41) is 6.20. The zero-order valence-electron chi connectivity index (χ0n) is 12.3. The van der Waals surface area contributed by atoms with Crippen molar-refractivity contribution < 1.29 is 9.53 Å². The lowest BCUT2D eigenvalue weighted by atomic mass is 9.98. The topological polar surface area (TPSA) is 83.2 Å². The number of aryl methyl sites for hydroxylation is 1. The van der Waals surface area contributed by atoms with Crippen LogP contribution in [0.15, 0.2) is 16.9 Å². The Morgan fingerprint density at radius 1 is 1.48 bits per heavy atom. The number of aromatic nitrogens is 1. The Morgan fingerprint density at radius 2 is 2.24 bits per heavy atom. The van der Waals surface area contributed by atoms with Crippen LogP contribution in [0.3, 0.4) is 0 Å². The Bertz CT molecular complexity index is 539. The number of ether oxygens (including phenoxy) is 1. The summed E-state index contributed by atoms with van der Waals surface area (Å²) in [6.07, 6.45) is 2.01. The summed E-state index contributed by atoms with van der Waals surface area (Å²) in [7, 11) is 1.65. The van der Waals surface area contributed by atoms with Gasteiger partial charge in [-0.2, -0.15) is 0 Å². The fraction of sp³-hybridized carbons (Fsp3) is 0.571. The number of nitrogens with one attached hydrogen (secondary N) is 3. The van der Waals surface area contributed by atoms with E-state index >= 15 is 0 Å². The van der Waals surface area contributed by atoms with Gasteiger partial charge in [0.05, 0.1) is 12.1 Å². The minimum absolute atomic E-state index is 0. The molecule has 1 aromatic rings. The molecule has 0 aromatic carbocycles. The maximum Gasteiger partial charge on any atom is 0.260 e. The molecule has 0 saturated carbocycles. The number of amides is 1. The van der Waals surface area contributed by atoms with Gasteiger partial charge in [0, 0.05) is 19.3 Å². The van der Waals surface area contributed by atoms with Gasteiger partial charge in [-0.1, -0.05) is 0 Å². The molecule has 1 aromatic heterocycles. The van der Waals surface area contributed by atoms with E-state index in [9.17, 15) is 9.59 Å². The van der Waals surface area contributed by atoms with Crippen LogP contribution in [0.4, 0.5) is 0 Å². The molecule has 6 nitrogen and oxygen atoms in total. The average Bonchev–Trinajstić information content (AvgIpc) is 2.85. The lowest BCUT2D eigenvalue weighted by molar-refractivity contribution is 0.0891. The minimum Gasteiger partial charge on any atom is -0.383 e. The number of hydrogen-bond donors (Lipinski definition) is 3. The highest BCUT2D eigenvalue weighted by atomic mass is 35.5. The second-order valence-corrected chi connectivity index (χ2v) is 5.31. The van der Waals surface area contributed by atoms with E-state index < -0.39 is 0 Å². The summed E-state index contributed by atoms with van der Waals surface area (Å²) >= 11 is 0. The van der Waals surface area contributed by atoms with Crippen molar-refractivity contribution in [3.8, 4) is 0 Å². The predicted molar refractivity (Wildman–Crippen MR) is 83.2 cm³/mol. The van der Waals surface area contributed by atoms with Gasteiger partial charge in [0.1, 0.15) is 5.56 Å². The molecule has 1 unspecified atom stereocenters. The second-order valence-electron chi connectivity index (χ2n) is 5.31. The van der Waals surface area contributed by atoms with Crippen molar-refractivity contribution in [3.63, 3.8) is 0 Å². The third kappa shape index (κ3) is 4.30. The Hall–Kier alpha value is -1.37. The monoisotopic (exact) mass is 315 g/mol. The molecule has 0 aliphatic carbocycles. The standard InChI is InChI=1S/C14H21N3O3.ClH/c1-10-4-5-11(13(19)17-10)12(18)15-8-14(9-20-2)6-3-7-16-14;/h4-5,16H,3,6-9H2,1-2H3,(H,15,18)(H,17,19);1H. The lowest BCUT2D eigenvalue weighted by Gasteiger charge is -2.28. The van der Waals surface area contributed by atoms with Crippen LogP contribution in [0.2, 0.25) is 0 Å². The van der Waals surface area contributed by atoms with Crippen LogP contribution in [0.25, 0.3) is 0 Å². The maximum atomic E-state index is 12.1. The molecule has 7 heteroatoms. The van der Waals surface area contributed by atoms with E-state index in [0.717, 1.165) is 25.1 Å². The van der Waals surface area contributed by atoms with Crippen molar-refractivity contribution in [3.05, 3.63) is 33.7 Å². The van der Waals surface area contributed by atoms with Gasteiger partial charge < -0.3 is 20.4 Å². The van der Waals surface area contributed by atoms with E-state index in [4.69, 9.17) is 4.74 Å². The minimum atomic E-state index is -0.359. The largest absolute Gasteiger partial charge is 0.383 e. The van der Waals surface area contributed by atoms with Crippen molar-refractivity contribution in [1.82, 2.24) is 15.6 Å². The van der Waals surface area contributed by atoms with Gasteiger partial charge >= 0.3 is 0 Å². The first-order valence-electron chi connectivity index (χ1n) is 6.78. The first kappa shape index (κ1) is 17.7. The van der Waals surface area contributed by atoms with Crippen molar-refractivity contribution in [2.45, 2.75) is 25.3 Å². The number of carbonyl (C=O) groups excluding carboxylic acids is 1. The molecule has 118 valence electrons. The molecule has 1 atom stereocenters. The van der Waals surface area contributed by atoms with E-state index in [1.807, 2.05) is 0 Å². The fourth-order valence-corrected chi connectivity index (χ4v) is 2.57. The van der Waals surface area contributed by atoms with Gasteiger partial charge in [-0.05, 0) is 38.4 Å². The molecule has 1 saturated heterocycles. The van der Waals surface area contributed by atoms with Gasteiger partial charge in [-0.3, -0.25) is 9.59 Å². The molecule has 2 heterocycles. The number of carbonyl (C=O) groups is 1. The Balaban J connectivity index is 0.00000220. The lowest BCUT2D eigenvalue weighted by Crippen LogP contribution is -2.53. The predicted octanol–water partition coefficient (Wildman–Crippen LogP) is 0.604. The molecular weight excluding hydrogens is 294 g/mol. The van der Waals surface area contributed by atoms with Gasteiger partial charge in [-0.15, -0.1) is 12.4 Å². The van der Waals surface area contributed by atoms with Crippen molar-refractivity contribution in [2.24, 2.45) is 0 Å². The molecular formula is C14H22ClN3O3. The molecule has 0 bridgehead atoms. The zero-order valence-corrected chi connectivity index (χ0v) is 13.1. The summed E-state index contributed by atoms with van der Waals surface area (Å²) in [4.78, 5) is 26.4. The van der Waals surface area contributed by atoms with Crippen LogP contribution in [0, 0.1) is 6.92 Å². The number of pyridine rings is 1. The number of methoxy groups -OCH3 is 1. The molecule has 3 N–H and O–H groups in total. The summed E-state index contributed by atoms with van der Waals surface area (Å²) in [6, 6.07) is 3.27. The first-order chi connectivity index (χ1) is 9.56. The zero-order chi connectivity index (χ0) is 14.6. The SMILES string of the molecule is COCC1(CNC(=O)c2ccc(C)[nH]c2=O)CCCN1.Cl. The summed E-state index contributed by atoms with van der Waals surface area (Å²) in [5.41, 5.74) is 0.297. The van der Waals surface area contributed by atoms with Crippen LogP contribution in [-0.2, 0) is 4.74 Å². The summed E-state index contributed by atoms with van der Waals surface area (Å²) < 4.78 is 5.22. The molecule has 1 fully saturated rings. The Kier molecular flexibility index (Phi) is 6.39. The van der Waals surface area contributed by atoms with Crippen LogP contribution in [0.1, 0.15) is 28.9 Å². The van der Waals surface area contributed by atoms with Crippen LogP contribution in [0.5, 0.6) is 0 Å². The third-order valence-electron chi connectivity index (χ3n) is 3.64. The molecule has 0 spiro atoms. The molecule has 2 rings (SSSR count). The number of aromatic amines is 1. The van der Waals surface area contributed by atoms with Gasteiger partial charge in [0.15, 0.2) is 0 Å². The van der Waals surface area contributed by atoms with Crippen molar-refractivity contribution in [1.29, 1.82) is 0 Å². The quantitative estimate of drug-likeness (QED) is 0.743. The second kappa shape index (κ2) is 7.59. The van der Waals surface area contributed by atoms with Crippen molar-refractivity contribution in [2.75, 3.05) is 26.8 Å². The molecule has 1 aliphatic heterocycles. The molecule has 21 heavy (non-hydrogen) atoms. The van der Waals surface area contributed by atoms with Gasteiger partial charge in [-0.25, -0.2) is 0 Å². The fourth-order valence-electron chi connectivity index (χ4n) is 2.57. The molecule has 1 aliphatic rings. The Labute approximate surface area is 130 Å². The molecule has 1 amide bonds. The van der Waals surface area contributed by atoms with Crippen molar-refractivity contribution >= 4 is 18.3 Å². The van der Waals surface area contributed by atoms with Crippen LogP contribution in [-0.4, -0.2) is 43.2 Å². The maximum absolute atomic E-state index is 12.1.